The van der Waals surface area contributed by atoms with Crippen molar-refractivity contribution in [2.24, 2.45) is 5.92 Å². The Bertz CT molecular complexity index is 515. The van der Waals surface area contributed by atoms with Crippen LogP contribution in [0, 0.1) is 5.92 Å². The number of amides is 3. The number of rotatable bonds is 4. The fourth-order valence-electron chi connectivity index (χ4n) is 3.52. The van der Waals surface area contributed by atoms with Gasteiger partial charge in [0.05, 0.1) is 12.6 Å². The predicted molar refractivity (Wildman–Crippen MR) is 93.9 cm³/mol. The number of nitrogens with one attached hydrogen (secondary N) is 1. The van der Waals surface area contributed by atoms with Crippen LogP contribution in [0.15, 0.2) is 0 Å². The van der Waals surface area contributed by atoms with Crippen molar-refractivity contribution in [3.8, 4) is 0 Å². The first-order valence-corrected chi connectivity index (χ1v) is 9.25. The van der Waals surface area contributed by atoms with Crippen LogP contribution in [0.5, 0.6) is 0 Å². The van der Waals surface area contributed by atoms with Crippen molar-refractivity contribution in [3.63, 3.8) is 0 Å². The molecule has 2 heterocycles. The third-order valence-electron chi connectivity index (χ3n) is 4.76. The highest BCUT2D eigenvalue weighted by Crippen LogP contribution is 2.32. The molecule has 0 aromatic rings. The number of hydrogen-bond donors (Lipinski definition) is 1. The van der Waals surface area contributed by atoms with Crippen LogP contribution in [-0.2, 0) is 14.3 Å². The topological polar surface area (TPSA) is 79.0 Å². The summed E-state index contributed by atoms with van der Waals surface area (Å²) in [5.74, 6) is 0.243. The average Bonchev–Trinajstić information content (AvgIpc) is 2.94. The summed E-state index contributed by atoms with van der Waals surface area (Å²) >= 11 is 0. The molecule has 25 heavy (non-hydrogen) atoms. The van der Waals surface area contributed by atoms with Crippen molar-refractivity contribution in [2.45, 2.75) is 65.0 Å². The standard InChI is InChI=1S/C18H31N3O4/c1-5-6-15(22)19-11-16(23)20-9-7-13-8-10-21(14(13)12-20)17(24)25-18(2,3)4/h13-14H,5-12H2,1-4H3,(H,19,22)/t13-,14+/m1/s1. The molecule has 1 N–H and O–H groups in total. The Morgan fingerprint density at radius 1 is 1.16 bits per heavy atom. The molecule has 2 fully saturated rings. The molecule has 0 radical (unpaired) electrons. The highest BCUT2D eigenvalue weighted by atomic mass is 16.6. The van der Waals surface area contributed by atoms with Crippen molar-refractivity contribution < 1.29 is 19.1 Å². The second-order valence-corrected chi connectivity index (χ2v) is 7.94. The van der Waals surface area contributed by atoms with E-state index in [1.54, 1.807) is 9.80 Å². The summed E-state index contributed by atoms with van der Waals surface area (Å²) in [5, 5.41) is 2.67. The lowest BCUT2D eigenvalue weighted by atomic mass is 9.92. The van der Waals surface area contributed by atoms with Gasteiger partial charge in [0.15, 0.2) is 0 Å². The maximum Gasteiger partial charge on any atom is 0.410 e. The van der Waals surface area contributed by atoms with Crippen LogP contribution in [0.4, 0.5) is 4.79 Å². The maximum absolute atomic E-state index is 12.4. The van der Waals surface area contributed by atoms with E-state index < -0.39 is 5.60 Å². The minimum absolute atomic E-state index is 0.0129. The van der Waals surface area contributed by atoms with Gasteiger partial charge in [0.25, 0.3) is 0 Å². The lowest BCUT2D eigenvalue weighted by molar-refractivity contribution is -0.134. The fourth-order valence-corrected chi connectivity index (χ4v) is 3.52. The molecule has 0 saturated carbocycles. The molecule has 0 spiro atoms. The first-order valence-electron chi connectivity index (χ1n) is 9.25. The summed E-state index contributed by atoms with van der Waals surface area (Å²) in [5.41, 5.74) is -0.525. The SMILES string of the molecule is CCCC(=O)NCC(=O)N1CC[C@@H]2CCN(C(=O)OC(C)(C)C)[C@H]2C1. The lowest BCUT2D eigenvalue weighted by Crippen LogP contribution is -2.53. The molecule has 3 amide bonds. The normalized spacial score (nSPS) is 23.2. The zero-order valence-electron chi connectivity index (χ0n) is 15.8. The molecule has 142 valence electrons. The Kier molecular flexibility index (Phi) is 6.30. The van der Waals surface area contributed by atoms with Gasteiger partial charge in [-0.3, -0.25) is 9.59 Å². The quantitative estimate of drug-likeness (QED) is 0.835. The number of ether oxygens (including phenoxy) is 1. The van der Waals surface area contributed by atoms with Crippen molar-refractivity contribution in [2.75, 3.05) is 26.2 Å². The van der Waals surface area contributed by atoms with Crippen LogP contribution in [0.25, 0.3) is 0 Å². The summed E-state index contributed by atoms with van der Waals surface area (Å²) < 4.78 is 5.50. The summed E-state index contributed by atoms with van der Waals surface area (Å²) in [4.78, 5) is 39.9. The smallest absolute Gasteiger partial charge is 0.410 e. The van der Waals surface area contributed by atoms with Crippen LogP contribution in [0.2, 0.25) is 0 Å². The van der Waals surface area contributed by atoms with Gasteiger partial charge in [-0.2, -0.15) is 0 Å². The molecule has 0 unspecified atom stereocenters. The Balaban J connectivity index is 1.91. The predicted octanol–water partition coefficient (Wildman–Crippen LogP) is 1.76. The molecule has 2 saturated heterocycles. The first kappa shape index (κ1) is 19.5. The summed E-state index contributed by atoms with van der Waals surface area (Å²) in [6, 6.07) is 0.0129. The molecule has 2 aliphatic heterocycles. The molecule has 7 nitrogen and oxygen atoms in total. The minimum atomic E-state index is -0.525. The molecule has 0 aromatic carbocycles. The highest BCUT2D eigenvalue weighted by Gasteiger charge is 2.42. The maximum atomic E-state index is 12.4. The van der Waals surface area contributed by atoms with E-state index in [4.69, 9.17) is 4.74 Å². The molecule has 0 aliphatic carbocycles. The summed E-state index contributed by atoms with van der Waals surface area (Å²) in [7, 11) is 0. The van der Waals surface area contributed by atoms with Crippen molar-refractivity contribution >= 4 is 17.9 Å². The van der Waals surface area contributed by atoms with E-state index in [0.717, 1.165) is 19.3 Å². The van der Waals surface area contributed by atoms with Gasteiger partial charge in [-0.25, -0.2) is 4.79 Å². The van der Waals surface area contributed by atoms with Gasteiger partial charge in [-0.15, -0.1) is 0 Å². The second kappa shape index (κ2) is 8.06. The van der Waals surface area contributed by atoms with Crippen LogP contribution >= 0.6 is 0 Å². The fraction of sp³-hybridized carbons (Fsp3) is 0.833. The highest BCUT2D eigenvalue weighted by molar-refractivity contribution is 5.84. The molecular weight excluding hydrogens is 322 g/mol. The third kappa shape index (κ3) is 5.34. The zero-order valence-corrected chi connectivity index (χ0v) is 15.8. The van der Waals surface area contributed by atoms with E-state index in [-0.39, 0.29) is 30.5 Å². The van der Waals surface area contributed by atoms with E-state index in [1.807, 2.05) is 27.7 Å². The number of likely N-dealkylation sites (tertiary alicyclic amines) is 2. The van der Waals surface area contributed by atoms with Gasteiger partial charge in [0.2, 0.25) is 11.8 Å². The number of fused-ring (bicyclic) bond motifs is 1. The van der Waals surface area contributed by atoms with Crippen LogP contribution < -0.4 is 5.32 Å². The second-order valence-electron chi connectivity index (χ2n) is 7.94. The molecule has 2 rings (SSSR count). The Hall–Kier alpha value is -1.79. The van der Waals surface area contributed by atoms with Gasteiger partial charge < -0.3 is 19.9 Å². The third-order valence-corrected chi connectivity index (χ3v) is 4.76. The van der Waals surface area contributed by atoms with Crippen molar-refractivity contribution in [3.05, 3.63) is 0 Å². The molecule has 0 aromatic heterocycles. The average molecular weight is 353 g/mol. The number of carbonyl (C=O) groups excluding carboxylic acids is 3. The van der Waals surface area contributed by atoms with Gasteiger partial charge in [-0.1, -0.05) is 6.92 Å². The Labute approximate surface area is 150 Å². The largest absolute Gasteiger partial charge is 0.444 e. The summed E-state index contributed by atoms with van der Waals surface area (Å²) in [6.45, 7) is 9.41. The zero-order chi connectivity index (χ0) is 18.6. The monoisotopic (exact) mass is 353 g/mol. The van der Waals surface area contributed by atoms with Gasteiger partial charge in [0, 0.05) is 26.1 Å². The van der Waals surface area contributed by atoms with Crippen molar-refractivity contribution in [1.82, 2.24) is 15.1 Å². The number of nitrogens with zero attached hydrogens (tertiary/aromatic N) is 2. The van der Waals surface area contributed by atoms with Crippen LogP contribution in [0.3, 0.4) is 0 Å². The first-order chi connectivity index (χ1) is 11.7. The van der Waals surface area contributed by atoms with Gasteiger partial charge in [0.1, 0.15) is 5.60 Å². The minimum Gasteiger partial charge on any atom is -0.444 e. The number of piperidine rings is 1. The van der Waals surface area contributed by atoms with E-state index in [0.29, 0.717) is 32.0 Å². The van der Waals surface area contributed by atoms with E-state index in [1.165, 1.54) is 0 Å². The molecule has 2 atom stereocenters. The Morgan fingerprint density at radius 3 is 2.48 bits per heavy atom. The molecule has 7 heteroatoms. The van der Waals surface area contributed by atoms with E-state index in [2.05, 4.69) is 5.32 Å². The van der Waals surface area contributed by atoms with Gasteiger partial charge in [-0.05, 0) is 46.0 Å². The summed E-state index contributed by atoms with van der Waals surface area (Å²) in [6.07, 6.45) is 2.74. The van der Waals surface area contributed by atoms with Crippen LogP contribution in [-0.4, -0.2) is 65.5 Å². The van der Waals surface area contributed by atoms with Gasteiger partial charge >= 0.3 is 6.09 Å². The van der Waals surface area contributed by atoms with E-state index in [9.17, 15) is 14.4 Å². The van der Waals surface area contributed by atoms with E-state index >= 15 is 0 Å². The van der Waals surface area contributed by atoms with Crippen molar-refractivity contribution in [1.29, 1.82) is 0 Å². The lowest BCUT2D eigenvalue weighted by Gasteiger charge is -2.38. The number of hydrogen-bond acceptors (Lipinski definition) is 4. The molecule has 0 bridgehead atoms. The van der Waals surface area contributed by atoms with Crippen LogP contribution in [0.1, 0.15) is 53.4 Å². The Morgan fingerprint density at radius 2 is 1.84 bits per heavy atom. The molecule has 2 aliphatic rings. The number of carbonyl (C=O) groups is 3. The molecular formula is C18H31N3O4.